The first kappa shape index (κ1) is 19.7. The number of benzene rings is 2. The fraction of sp³-hybridized carbons (Fsp3) is 0.364. The van der Waals surface area contributed by atoms with Gasteiger partial charge in [-0.05, 0) is 50.1 Å². The molecule has 0 bridgehead atoms. The first-order valence-corrected chi connectivity index (χ1v) is 9.78. The van der Waals surface area contributed by atoms with Crippen LogP contribution in [0.1, 0.15) is 24.7 Å². The van der Waals surface area contributed by atoms with Gasteiger partial charge in [0, 0.05) is 19.6 Å². The standard InChI is InChI=1S/C22H29N5O/c1-4-23-22(25-16-18-9-7-10-19(15-18)28-3)24-13-8-14-27-17(2)26-20-11-5-6-12-21(20)27/h5-7,9-12,15H,4,8,13-14,16H2,1-3H3,(H2,23,24,25). The molecule has 0 atom stereocenters. The number of ether oxygens (including phenoxy) is 1. The van der Waals surface area contributed by atoms with Gasteiger partial charge in [-0.3, -0.25) is 0 Å². The predicted molar refractivity (Wildman–Crippen MR) is 115 cm³/mol. The van der Waals surface area contributed by atoms with Gasteiger partial charge in [-0.1, -0.05) is 24.3 Å². The highest BCUT2D eigenvalue weighted by atomic mass is 16.5. The van der Waals surface area contributed by atoms with Crippen molar-refractivity contribution >= 4 is 17.0 Å². The molecular formula is C22H29N5O. The van der Waals surface area contributed by atoms with Crippen molar-refractivity contribution in [2.75, 3.05) is 20.2 Å². The number of rotatable bonds is 8. The summed E-state index contributed by atoms with van der Waals surface area (Å²) in [5.41, 5.74) is 3.37. The Hall–Kier alpha value is -3.02. The maximum atomic E-state index is 5.28. The number of nitrogens with zero attached hydrogens (tertiary/aromatic N) is 3. The zero-order chi connectivity index (χ0) is 19.8. The maximum absolute atomic E-state index is 5.28. The summed E-state index contributed by atoms with van der Waals surface area (Å²) in [6.45, 7) is 7.34. The van der Waals surface area contributed by atoms with E-state index in [1.54, 1.807) is 7.11 Å². The fourth-order valence-corrected chi connectivity index (χ4v) is 3.21. The predicted octanol–water partition coefficient (Wildman–Crippen LogP) is 3.50. The van der Waals surface area contributed by atoms with Gasteiger partial charge >= 0.3 is 0 Å². The lowest BCUT2D eigenvalue weighted by molar-refractivity contribution is 0.414. The second kappa shape index (κ2) is 9.78. The normalized spacial score (nSPS) is 11.6. The quantitative estimate of drug-likeness (QED) is 0.357. The van der Waals surface area contributed by atoms with Crippen LogP contribution in [0, 0.1) is 6.92 Å². The van der Waals surface area contributed by atoms with Gasteiger partial charge in [0.1, 0.15) is 11.6 Å². The van der Waals surface area contributed by atoms with Crippen molar-refractivity contribution in [2.45, 2.75) is 33.4 Å². The van der Waals surface area contributed by atoms with Crippen LogP contribution >= 0.6 is 0 Å². The number of hydrogen-bond donors (Lipinski definition) is 2. The summed E-state index contributed by atoms with van der Waals surface area (Å²) in [7, 11) is 1.68. The van der Waals surface area contributed by atoms with Crippen molar-refractivity contribution in [3.8, 4) is 5.75 Å². The first-order chi connectivity index (χ1) is 13.7. The molecule has 1 aromatic heterocycles. The largest absolute Gasteiger partial charge is 0.497 e. The molecule has 0 aliphatic heterocycles. The monoisotopic (exact) mass is 379 g/mol. The van der Waals surface area contributed by atoms with E-state index in [0.29, 0.717) is 6.54 Å². The Bertz CT molecular complexity index is 932. The molecule has 0 amide bonds. The van der Waals surface area contributed by atoms with Crippen molar-refractivity contribution in [3.63, 3.8) is 0 Å². The van der Waals surface area contributed by atoms with Crippen LogP contribution in [0.4, 0.5) is 0 Å². The van der Waals surface area contributed by atoms with Gasteiger partial charge in [-0.2, -0.15) is 0 Å². The van der Waals surface area contributed by atoms with Crippen LogP contribution in [0.5, 0.6) is 5.75 Å². The Labute approximate surface area is 166 Å². The molecule has 3 rings (SSSR count). The van der Waals surface area contributed by atoms with Gasteiger partial charge in [0.25, 0.3) is 0 Å². The van der Waals surface area contributed by atoms with Gasteiger partial charge in [-0.25, -0.2) is 9.98 Å². The number of imidazole rings is 1. The minimum atomic E-state index is 0.609. The molecule has 0 radical (unpaired) electrons. The zero-order valence-electron chi connectivity index (χ0n) is 16.9. The molecule has 3 aromatic rings. The van der Waals surface area contributed by atoms with Crippen molar-refractivity contribution in [2.24, 2.45) is 4.99 Å². The van der Waals surface area contributed by atoms with E-state index in [0.717, 1.165) is 54.7 Å². The highest BCUT2D eigenvalue weighted by molar-refractivity contribution is 5.79. The highest BCUT2D eigenvalue weighted by Crippen LogP contribution is 2.15. The summed E-state index contributed by atoms with van der Waals surface area (Å²) >= 11 is 0. The number of aliphatic imine (C=N–C) groups is 1. The number of nitrogens with one attached hydrogen (secondary N) is 2. The summed E-state index contributed by atoms with van der Waals surface area (Å²) < 4.78 is 7.55. The second-order valence-electron chi connectivity index (χ2n) is 6.63. The SMILES string of the molecule is CCNC(=NCc1cccc(OC)c1)NCCCn1c(C)nc2ccccc21. The summed E-state index contributed by atoms with van der Waals surface area (Å²) in [5, 5.41) is 6.73. The number of hydrogen-bond acceptors (Lipinski definition) is 3. The second-order valence-corrected chi connectivity index (χ2v) is 6.63. The van der Waals surface area contributed by atoms with E-state index >= 15 is 0 Å². The molecule has 6 nitrogen and oxygen atoms in total. The number of para-hydroxylation sites is 2. The molecule has 0 saturated heterocycles. The minimum absolute atomic E-state index is 0.609. The molecular weight excluding hydrogens is 350 g/mol. The smallest absolute Gasteiger partial charge is 0.191 e. The van der Waals surface area contributed by atoms with Crippen LogP contribution in [-0.4, -0.2) is 35.7 Å². The molecule has 148 valence electrons. The van der Waals surface area contributed by atoms with Gasteiger partial charge in [0.05, 0.1) is 24.7 Å². The molecule has 28 heavy (non-hydrogen) atoms. The van der Waals surface area contributed by atoms with Crippen LogP contribution < -0.4 is 15.4 Å². The van der Waals surface area contributed by atoms with E-state index in [4.69, 9.17) is 4.74 Å². The van der Waals surface area contributed by atoms with E-state index < -0.39 is 0 Å². The Morgan fingerprint density at radius 2 is 2.00 bits per heavy atom. The molecule has 0 unspecified atom stereocenters. The summed E-state index contributed by atoms with van der Waals surface area (Å²) in [6.07, 6.45) is 0.991. The first-order valence-electron chi connectivity index (χ1n) is 9.78. The molecule has 0 saturated carbocycles. The van der Waals surface area contributed by atoms with Crippen LogP contribution in [0.2, 0.25) is 0 Å². The van der Waals surface area contributed by atoms with E-state index in [2.05, 4.69) is 63.3 Å². The zero-order valence-corrected chi connectivity index (χ0v) is 16.9. The molecule has 2 aromatic carbocycles. The van der Waals surface area contributed by atoms with E-state index in [9.17, 15) is 0 Å². The minimum Gasteiger partial charge on any atom is -0.497 e. The molecule has 6 heteroatoms. The van der Waals surface area contributed by atoms with Crippen molar-refractivity contribution in [1.29, 1.82) is 0 Å². The third-order valence-electron chi connectivity index (χ3n) is 4.59. The van der Waals surface area contributed by atoms with E-state index in [1.165, 1.54) is 5.52 Å². The molecule has 2 N–H and O–H groups in total. The lowest BCUT2D eigenvalue weighted by atomic mass is 10.2. The molecule has 1 heterocycles. The third kappa shape index (κ3) is 5.03. The average Bonchev–Trinajstić information content (AvgIpc) is 3.04. The van der Waals surface area contributed by atoms with Gasteiger partial charge in [0.2, 0.25) is 0 Å². The topological polar surface area (TPSA) is 63.5 Å². The lowest BCUT2D eigenvalue weighted by Gasteiger charge is -2.12. The number of aromatic nitrogens is 2. The van der Waals surface area contributed by atoms with Crippen molar-refractivity contribution in [1.82, 2.24) is 20.2 Å². The number of methoxy groups -OCH3 is 1. The van der Waals surface area contributed by atoms with E-state index in [1.807, 2.05) is 24.3 Å². The Balaban J connectivity index is 1.55. The summed E-state index contributed by atoms with van der Waals surface area (Å²) in [4.78, 5) is 9.31. The van der Waals surface area contributed by atoms with Crippen LogP contribution in [0.25, 0.3) is 11.0 Å². The highest BCUT2D eigenvalue weighted by Gasteiger charge is 2.06. The number of guanidine groups is 1. The molecule has 0 aliphatic rings. The molecule has 0 aliphatic carbocycles. The Morgan fingerprint density at radius 3 is 2.82 bits per heavy atom. The average molecular weight is 380 g/mol. The van der Waals surface area contributed by atoms with Gasteiger partial charge in [0.15, 0.2) is 5.96 Å². The number of aryl methyl sites for hydroxylation is 2. The van der Waals surface area contributed by atoms with Crippen LogP contribution in [0.3, 0.4) is 0 Å². The van der Waals surface area contributed by atoms with E-state index in [-0.39, 0.29) is 0 Å². The Kier molecular flexibility index (Phi) is 6.89. The van der Waals surface area contributed by atoms with Crippen molar-refractivity contribution < 1.29 is 4.74 Å². The summed E-state index contributed by atoms with van der Waals surface area (Å²) in [5.74, 6) is 2.74. The Morgan fingerprint density at radius 1 is 1.14 bits per heavy atom. The van der Waals surface area contributed by atoms with Gasteiger partial charge < -0.3 is 19.9 Å². The molecule has 0 spiro atoms. The fourth-order valence-electron chi connectivity index (χ4n) is 3.21. The maximum Gasteiger partial charge on any atom is 0.191 e. The van der Waals surface area contributed by atoms with Gasteiger partial charge in [-0.15, -0.1) is 0 Å². The third-order valence-corrected chi connectivity index (χ3v) is 4.59. The van der Waals surface area contributed by atoms with Crippen molar-refractivity contribution in [3.05, 3.63) is 59.9 Å². The number of fused-ring (bicyclic) bond motifs is 1. The lowest BCUT2D eigenvalue weighted by Crippen LogP contribution is -2.38. The molecule has 0 fully saturated rings. The summed E-state index contributed by atoms with van der Waals surface area (Å²) in [6, 6.07) is 16.3. The van der Waals surface area contributed by atoms with Crippen LogP contribution in [0.15, 0.2) is 53.5 Å². The van der Waals surface area contributed by atoms with Crippen LogP contribution in [-0.2, 0) is 13.1 Å².